The Morgan fingerprint density at radius 2 is 0.861 bits per heavy atom. The summed E-state index contributed by atoms with van der Waals surface area (Å²) in [4.78, 5) is 0. The van der Waals surface area contributed by atoms with Gasteiger partial charge in [-0.15, -0.1) is 0 Å². The Labute approximate surface area is 198 Å². The van der Waals surface area contributed by atoms with Gasteiger partial charge in [-0.3, -0.25) is 0 Å². The van der Waals surface area contributed by atoms with E-state index in [2.05, 4.69) is 0 Å². The Morgan fingerprint density at radius 3 is 1.33 bits per heavy atom. The van der Waals surface area contributed by atoms with Crippen LogP contribution in [0.3, 0.4) is 0 Å². The van der Waals surface area contributed by atoms with Crippen molar-refractivity contribution in [2.24, 2.45) is 0 Å². The van der Waals surface area contributed by atoms with Gasteiger partial charge in [0.15, 0.2) is 53.7 Å². The van der Waals surface area contributed by atoms with Gasteiger partial charge in [0.25, 0.3) is 0 Å². The Kier molecular flexibility index (Phi) is 5.63. The molecule has 5 aromatic rings. The molecule has 182 valence electrons. The van der Waals surface area contributed by atoms with E-state index < -0.39 is 69.6 Å². The summed E-state index contributed by atoms with van der Waals surface area (Å²) in [6.07, 6.45) is 0. The first-order valence-corrected chi connectivity index (χ1v) is 12.0. The second kappa shape index (κ2) is 8.45. The minimum Gasteiger partial charge on any atom is -0.308 e. The van der Waals surface area contributed by atoms with Crippen LogP contribution in [-0.2, 0) is 4.57 Å². The van der Waals surface area contributed by atoms with Crippen LogP contribution in [0, 0.1) is 46.5 Å². The Bertz CT molecular complexity index is 1650. The molecule has 0 N–H and O–H groups in total. The number of fused-ring (bicyclic) bond motifs is 3. The van der Waals surface area contributed by atoms with E-state index in [4.69, 9.17) is 0 Å². The smallest absolute Gasteiger partial charge is 0.183 e. The van der Waals surface area contributed by atoms with Crippen LogP contribution in [0.4, 0.5) is 35.1 Å². The minimum atomic E-state index is -5.74. The van der Waals surface area contributed by atoms with Crippen molar-refractivity contribution in [3.63, 3.8) is 0 Å². The fourth-order valence-corrected chi connectivity index (χ4v) is 7.42. The van der Waals surface area contributed by atoms with Gasteiger partial charge < -0.3 is 4.57 Å². The van der Waals surface area contributed by atoms with Gasteiger partial charge in [0.1, 0.15) is 0 Å². The lowest BCUT2D eigenvalue weighted by Crippen LogP contribution is -2.35. The van der Waals surface area contributed by atoms with Gasteiger partial charge in [-0.25, -0.2) is 35.1 Å². The van der Waals surface area contributed by atoms with Crippen LogP contribution in [0.25, 0.3) is 21.5 Å². The van der Waals surface area contributed by atoms with Crippen LogP contribution in [0.15, 0.2) is 66.7 Å². The highest BCUT2D eigenvalue weighted by molar-refractivity contribution is 7.85. The second-order valence-corrected chi connectivity index (χ2v) is 10.5. The Hall–Kier alpha value is -3.71. The molecule has 0 aliphatic carbocycles. The van der Waals surface area contributed by atoms with Crippen LogP contribution in [0.1, 0.15) is 0 Å². The average Bonchev–Trinajstić information content (AvgIpc) is 2.86. The first kappa shape index (κ1) is 24.0. The monoisotopic (exact) mass is 522 g/mol. The number of halogens is 8. The fourth-order valence-electron chi connectivity index (χ4n) is 4.32. The quantitative estimate of drug-likeness (QED) is 0.111. The van der Waals surface area contributed by atoms with Crippen molar-refractivity contribution in [1.82, 2.24) is 0 Å². The molecule has 0 radical (unpaired) electrons. The maximum absolute atomic E-state index is 15.1. The zero-order valence-electron chi connectivity index (χ0n) is 17.7. The molecule has 0 aliphatic rings. The summed E-state index contributed by atoms with van der Waals surface area (Å²) < 4.78 is 132. The van der Waals surface area contributed by atoms with E-state index in [9.17, 15) is 22.1 Å². The molecule has 1 nitrogen and oxygen atoms in total. The van der Waals surface area contributed by atoms with Crippen molar-refractivity contribution in [3.8, 4) is 0 Å². The molecule has 10 heteroatoms. The summed E-state index contributed by atoms with van der Waals surface area (Å²) in [5, 5.41) is -3.44. The molecule has 0 spiro atoms. The highest BCUT2D eigenvalue weighted by Crippen LogP contribution is 2.49. The van der Waals surface area contributed by atoms with Crippen LogP contribution < -0.4 is 15.9 Å². The van der Waals surface area contributed by atoms with Crippen LogP contribution in [0.2, 0.25) is 0 Å². The third-order valence-corrected chi connectivity index (χ3v) is 8.99. The van der Waals surface area contributed by atoms with Crippen molar-refractivity contribution < 1.29 is 39.7 Å². The maximum Gasteiger partial charge on any atom is 0.183 e. The molecule has 36 heavy (non-hydrogen) atoms. The van der Waals surface area contributed by atoms with E-state index in [1.54, 1.807) is 18.2 Å². The highest BCUT2D eigenvalue weighted by Gasteiger charge is 2.45. The predicted molar refractivity (Wildman–Crippen MR) is 121 cm³/mol. The van der Waals surface area contributed by atoms with E-state index >= 15 is 17.6 Å². The molecule has 0 unspecified atom stereocenters. The summed E-state index contributed by atoms with van der Waals surface area (Å²) >= 11 is 0. The maximum atomic E-state index is 15.1. The van der Waals surface area contributed by atoms with Crippen molar-refractivity contribution in [2.75, 3.05) is 0 Å². The van der Waals surface area contributed by atoms with Crippen molar-refractivity contribution >= 4 is 44.6 Å². The van der Waals surface area contributed by atoms with Gasteiger partial charge in [0, 0.05) is 17.4 Å². The summed E-state index contributed by atoms with van der Waals surface area (Å²) in [6.45, 7) is 0. The third kappa shape index (κ3) is 3.33. The number of rotatable bonds is 3. The van der Waals surface area contributed by atoms with Crippen LogP contribution in [-0.4, -0.2) is 0 Å². The zero-order valence-corrected chi connectivity index (χ0v) is 18.6. The van der Waals surface area contributed by atoms with Gasteiger partial charge in [0.05, 0.1) is 10.6 Å². The molecule has 0 fully saturated rings. The molecule has 0 atom stereocenters. The Morgan fingerprint density at radius 1 is 0.472 bits per heavy atom. The van der Waals surface area contributed by atoms with E-state index in [0.717, 1.165) is 6.07 Å². The summed E-state index contributed by atoms with van der Waals surface area (Å²) in [7, 11) is -5.74. The minimum absolute atomic E-state index is 0.0773. The van der Waals surface area contributed by atoms with Crippen LogP contribution in [0.5, 0.6) is 0 Å². The molecule has 0 aromatic heterocycles. The highest BCUT2D eigenvalue weighted by atomic mass is 31.2. The molecule has 5 aromatic carbocycles. The predicted octanol–water partition coefficient (Wildman–Crippen LogP) is 6.75. The molecule has 0 amide bonds. The summed E-state index contributed by atoms with van der Waals surface area (Å²) in [6, 6.07) is 12.7. The van der Waals surface area contributed by atoms with Gasteiger partial charge >= 0.3 is 0 Å². The zero-order chi connectivity index (χ0) is 25.9. The van der Waals surface area contributed by atoms with Crippen molar-refractivity contribution in [2.45, 2.75) is 0 Å². The number of hydrogen-bond donors (Lipinski definition) is 0. The fraction of sp³-hybridized carbons (Fsp3) is 0. The molecule has 0 saturated heterocycles. The van der Waals surface area contributed by atoms with Crippen LogP contribution >= 0.6 is 7.14 Å². The second-order valence-electron chi connectivity index (χ2n) is 7.91. The Balaban J connectivity index is 2.10. The first-order chi connectivity index (χ1) is 17.1. The van der Waals surface area contributed by atoms with Crippen molar-refractivity contribution in [1.29, 1.82) is 0 Å². The SMILES string of the molecule is O=P(c1c(F)c(F)cc(F)c1F)(c1c(F)c(F)cc(F)c1F)c1cc2ccccc2c2ccccc12. The molecular formula is C26H11F8OP. The summed E-state index contributed by atoms with van der Waals surface area (Å²) in [5.41, 5.74) is 0. The topological polar surface area (TPSA) is 17.1 Å². The normalized spacial score (nSPS) is 12.0. The molecule has 0 aliphatic heterocycles. The van der Waals surface area contributed by atoms with E-state index in [1.807, 2.05) is 0 Å². The van der Waals surface area contributed by atoms with Gasteiger partial charge in [-0.1, -0.05) is 48.5 Å². The lowest BCUT2D eigenvalue weighted by atomic mass is 10.0. The van der Waals surface area contributed by atoms with Gasteiger partial charge in [-0.2, -0.15) is 0 Å². The van der Waals surface area contributed by atoms with E-state index in [0.29, 0.717) is 10.8 Å². The van der Waals surface area contributed by atoms with Crippen molar-refractivity contribution in [3.05, 3.63) is 113 Å². The average molecular weight is 522 g/mol. The summed E-state index contributed by atoms with van der Waals surface area (Å²) in [5.74, 6) is -17.0. The lowest BCUT2D eigenvalue weighted by molar-refractivity contribution is 0.458. The third-order valence-electron chi connectivity index (χ3n) is 5.89. The van der Waals surface area contributed by atoms with E-state index in [-0.39, 0.29) is 22.9 Å². The molecule has 0 bridgehead atoms. The first-order valence-electron chi connectivity index (χ1n) is 10.3. The van der Waals surface area contributed by atoms with Gasteiger partial charge in [0.2, 0.25) is 0 Å². The van der Waals surface area contributed by atoms with E-state index in [1.165, 1.54) is 30.3 Å². The van der Waals surface area contributed by atoms with Gasteiger partial charge in [-0.05, 0) is 27.6 Å². The number of benzene rings is 5. The molecule has 0 saturated carbocycles. The standard InChI is InChI=1S/C26H11F8OP/c27-16-10-17(28)22(32)25(21(16)31)36(35,26-23(33)18(29)11-19(30)24(26)34)20-9-12-5-1-2-6-13(12)14-7-3-4-8-15(14)20/h1-11H. The number of hydrogen-bond acceptors (Lipinski definition) is 1. The molecule has 0 heterocycles. The largest absolute Gasteiger partial charge is 0.308 e. The molecule has 5 rings (SSSR count). The lowest BCUT2D eigenvalue weighted by Gasteiger charge is -2.24. The molecular weight excluding hydrogens is 511 g/mol.